The summed E-state index contributed by atoms with van der Waals surface area (Å²) < 4.78 is 10.9. The van der Waals surface area contributed by atoms with Crippen LogP contribution in [0.15, 0.2) is 65.2 Å². The average molecular weight is 377 g/mol. The molecule has 0 N–H and O–H groups in total. The van der Waals surface area contributed by atoms with Crippen molar-refractivity contribution < 1.29 is 14.1 Å². The number of hydrogen-bond acceptors (Lipinski definition) is 5. The van der Waals surface area contributed by atoms with Crippen LogP contribution in [0.5, 0.6) is 5.75 Å². The molecule has 0 aliphatic carbocycles. The SMILES string of the molecule is C=C(C)COc1cccc(C(=O)N(C)Cc2nc(-c3cccc(C)c3)no2)c1. The number of carbonyl (C=O) groups is 1. The van der Waals surface area contributed by atoms with Crippen LogP contribution in [-0.2, 0) is 6.54 Å². The highest BCUT2D eigenvalue weighted by molar-refractivity contribution is 5.94. The molecule has 1 amide bonds. The van der Waals surface area contributed by atoms with Crippen molar-refractivity contribution in [2.24, 2.45) is 0 Å². The van der Waals surface area contributed by atoms with Gasteiger partial charge in [0.1, 0.15) is 12.4 Å². The molecule has 144 valence electrons. The minimum Gasteiger partial charge on any atom is -0.489 e. The van der Waals surface area contributed by atoms with Gasteiger partial charge in [-0.25, -0.2) is 0 Å². The number of ether oxygens (including phenoxy) is 1. The third-order valence-electron chi connectivity index (χ3n) is 4.03. The van der Waals surface area contributed by atoms with Crippen LogP contribution >= 0.6 is 0 Å². The maximum Gasteiger partial charge on any atom is 0.254 e. The van der Waals surface area contributed by atoms with E-state index in [1.165, 1.54) is 4.90 Å². The van der Waals surface area contributed by atoms with Crippen LogP contribution in [0.25, 0.3) is 11.4 Å². The smallest absolute Gasteiger partial charge is 0.254 e. The molecule has 2 aromatic carbocycles. The molecule has 0 saturated carbocycles. The molecule has 0 atom stereocenters. The van der Waals surface area contributed by atoms with Crippen molar-refractivity contribution in [1.82, 2.24) is 15.0 Å². The van der Waals surface area contributed by atoms with Gasteiger partial charge >= 0.3 is 0 Å². The fraction of sp³-hybridized carbons (Fsp3) is 0.227. The monoisotopic (exact) mass is 377 g/mol. The summed E-state index contributed by atoms with van der Waals surface area (Å²) in [5.41, 5.74) is 3.44. The molecule has 1 heterocycles. The Bertz CT molecular complexity index is 994. The largest absolute Gasteiger partial charge is 0.489 e. The highest BCUT2D eigenvalue weighted by Crippen LogP contribution is 2.19. The maximum absolute atomic E-state index is 12.7. The van der Waals surface area contributed by atoms with E-state index in [9.17, 15) is 4.79 Å². The molecule has 0 radical (unpaired) electrons. The van der Waals surface area contributed by atoms with Crippen molar-refractivity contribution in [3.63, 3.8) is 0 Å². The fourth-order valence-corrected chi connectivity index (χ4v) is 2.64. The number of aromatic nitrogens is 2. The topological polar surface area (TPSA) is 68.5 Å². The number of hydrogen-bond donors (Lipinski definition) is 0. The summed E-state index contributed by atoms with van der Waals surface area (Å²) in [6.45, 7) is 8.33. The molecule has 0 spiro atoms. The van der Waals surface area contributed by atoms with Gasteiger partial charge in [-0.1, -0.05) is 41.6 Å². The second-order valence-corrected chi connectivity index (χ2v) is 6.82. The van der Waals surface area contributed by atoms with E-state index >= 15 is 0 Å². The lowest BCUT2D eigenvalue weighted by atomic mass is 10.1. The molecular weight excluding hydrogens is 354 g/mol. The van der Waals surface area contributed by atoms with Crippen LogP contribution in [0.4, 0.5) is 0 Å². The Morgan fingerprint density at radius 3 is 2.75 bits per heavy atom. The molecule has 6 nitrogen and oxygen atoms in total. The van der Waals surface area contributed by atoms with Gasteiger partial charge in [0.25, 0.3) is 5.91 Å². The zero-order chi connectivity index (χ0) is 20.1. The van der Waals surface area contributed by atoms with Crippen molar-refractivity contribution in [2.45, 2.75) is 20.4 Å². The normalized spacial score (nSPS) is 10.5. The van der Waals surface area contributed by atoms with Gasteiger partial charge in [0, 0.05) is 18.2 Å². The van der Waals surface area contributed by atoms with E-state index in [1.807, 2.05) is 44.2 Å². The zero-order valence-corrected chi connectivity index (χ0v) is 16.3. The Kier molecular flexibility index (Phi) is 5.89. The molecule has 28 heavy (non-hydrogen) atoms. The van der Waals surface area contributed by atoms with Gasteiger partial charge in [-0.05, 0) is 43.7 Å². The molecule has 0 bridgehead atoms. The number of aryl methyl sites for hydroxylation is 1. The van der Waals surface area contributed by atoms with Gasteiger partial charge in [0.05, 0.1) is 6.54 Å². The van der Waals surface area contributed by atoms with E-state index in [0.717, 1.165) is 16.7 Å². The molecular formula is C22H23N3O3. The van der Waals surface area contributed by atoms with Crippen molar-refractivity contribution in [3.8, 4) is 17.1 Å². The molecule has 3 rings (SSSR count). The summed E-state index contributed by atoms with van der Waals surface area (Å²) in [6, 6.07) is 14.9. The number of rotatable bonds is 7. The van der Waals surface area contributed by atoms with Crippen molar-refractivity contribution >= 4 is 5.91 Å². The van der Waals surface area contributed by atoms with Crippen LogP contribution in [0.3, 0.4) is 0 Å². The van der Waals surface area contributed by atoms with E-state index in [1.54, 1.807) is 25.2 Å². The summed E-state index contributed by atoms with van der Waals surface area (Å²) in [5, 5.41) is 4.02. The first-order valence-electron chi connectivity index (χ1n) is 8.94. The second-order valence-electron chi connectivity index (χ2n) is 6.82. The molecule has 3 aromatic rings. The summed E-state index contributed by atoms with van der Waals surface area (Å²) in [7, 11) is 1.69. The van der Waals surface area contributed by atoms with Crippen LogP contribution in [0.1, 0.15) is 28.7 Å². The summed E-state index contributed by atoms with van der Waals surface area (Å²) in [5.74, 6) is 1.36. The van der Waals surface area contributed by atoms with Crippen LogP contribution in [0, 0.1) is 6.92 Å². The third kappa shape index (κ3) is 4.85. The highest BCUT2D eigenvalue weighted by atomic mass is 16.5. The van der Waals surface area contributed by atoms with Gasteiger partial charge in [-0.3, -0.25) is 4.79 Å². The van der Waals surface area contributed by atoms with E-state index in [0.29, 0.717) is 29.6 Å². The Hall–Kier alpha value is -3.41. The highest BCUT2D eigenvalue weighted by Gasteiger charge is 2.17. The number of nitrogens with zero attached hydrogens (tertiary/aromatic N) is 3. The Morgan fingerprint density at radius 1 is 1.21 bits per heavy atom. The first-order chi connectivity index (χ1) is 13.4. The average Bonchev–Trinajstić information content (AvgIpc) is 3.14. The summed E-state index contributed by atoms with van der Waals surface area (Å²) in [6.07, 6.45) is 0. The molecule has 0 unspecified atom stereocenters. The third-order valence-corrected chi connectivity index (χ3v) is 4.03. The van der Waals surface area contributed by atoms with Gasteiger partial charge in [-0.15, -0.1) is 0 Å². The van der Waals surface area contributed by atoms with Crippen LogP contribution in [-0.4, -0.2) is 34.6 Å². The Morgan fingerprint density at radius 2 is 2.00 bits per heavy atom. The van der Waals surface area contributed by atoms with Gasteiger partial charge < -0.3 is 14.2 Å². The Labute approximate surface area is 164 Å². The van der Waals surface area contributed by atoms with Gasteiger partial charge in [-0.2, -0.15) is 4.98 Å². The first-order valence-corrected chi connectivity index (χ1v) is 8.94. The van der Waals surface area contributed by atoms with Crippen molar-refractivity contribution in [2.75, 3.05) is 13.7 Å². The lowest BCUT2D eigenvalue weighted by Crippen LogP contribution is -2.26. The Balaban J connectivity index is 1.68. The predicted octanol–water partition coefficient (Wildman–Crippen LogP) is 4.27. The van der Waals surface area contributed by atoms with Crippen molar-refractivity contribution in [1.29, 1.82) is 0 Å². The molecule has 0 aliphatic rings. The van der Waals surface area contributed by atoms with Gasteiger partial charge in [0.15, 0.2) is 0 Å². The summed E-state index contributed by atoms with van der Waals surface area (Å²) in [4.78, 5) is 18.7. The molecule has 1 aromatic heterocycles. The molecule has 0 saturated heterocycles. The maximum atomic E-state index is 12.7. The molecule has 6 heteroatoms. The lowest BCUT2D eigenvalue weighted by Gasteiger charge is -2.15. The van der Waals surface area contributed by atoms with E-state index in [2.05, 4.69) is 16.7 Å². The minimum absolute atomic E-state index is 0.156. The quantitative estimate of drug-likeness (QED) is 0.575. The minimum atomic E-state index is -0.156. The van der Waals surface area contributed by atoms with Crippen LogP contribution in [0.2, 0.25) is 0 Å². The number of benzene rings is 2. The molecule has 0 fully saturated rings. The lowest BCUT2D eigenvalue weighted by molar-refractivity contribution is 0.0769. The van der Waals surface area contributed by atoms with Gasteiger partial charge in [0.2, 0.25) is 11.7 Å². The number of carbonyl (C=O) groups excluding carboxylic acids is 1. The van der Waals surface area contributed by atoms with E-state index in [-0.39, 0.29) is 12.5 Å². The van der Waals surface area contributed by atoms with E-state index in [4.69, 9.17) is 9.26 Å². The van der Waals surface area contributed by atoms with Crippen LogP contribution < -0.4 is 4.74 Å². The standard InChI is InChI=1S/C22H23N3O3/c1-15(2)14-27-19-10-6-9-18(12-19)22(26)25(4)13-20-23-21(24-28-20)17-8-5-7-16(3)11-17/h5-12H,1,13-14H2,2-4H3. The first kappa shape index (κ1) is 19.4. The molecule has 0 aliphatic heterocycles. The number of amides is 1. The second kappa shape index (κ2) is 8.52. The fourth-order valence-electron chi connectivity index (χ4n) is 2.64. The predicted molar refractivity (Wildman–Crippen MR) is 107 cm³/mol. The summed E-state index contributed by atoms with van der Waals surface area (Å²) >= 11 is 0. The zero-order valence-electron chi connectivity index (χ0n) is 16.3. The van der Waals surface area contributed by atoms with E-state index < -0.39 is 0 Å². The van der Waals surface area contributed by atoms with Crippen molar-refractivity contribution in [3.05, 3.63) is 77.7 Å².